The fourth-order valence-corrected chi connectivity index (χ4v) is 3.54. The number of benzene rings is 1. The summed E-state index contributed by atoms with van der Waals surface area (Å²) in [6.45, 7) is 0. The van der Waals surface area contributed by atoms with E-state index >= 15 is 0 Å². The summed E-state index contributed by atoms with van der Waals surface area (Å²) in [5.41, 5.74) is 1.45. The first-order valence-electron chi connectivity index (χ1n) is 8.99. The molecule has 0 aliphatic heterocycles. The SMILES string of the molecule is O=[N+]([O-])c1ccc(CC2CCCCCCCCCCC2)cc1. The van der Waals surface area contributed by atoms with Gasteiger partial charge in [0.15, 0.2) is 0 Å². The lowest BCUT2D eigenvalue weighted by atomic mass is 9.88. The second-order valence-electron chi connectivity index (χ2n) is 6.75. The Balaban J connectivity index is 1.87. The van der Waals surface area contributed by atoms with E-state index in [1.807, 2.05) is 12.1 Å². The van der Waals surface area contributed by atoms with E-state index in [1.54, 1.807) is 12.1 Å². The van der Waals surface area contributed by atoms with Gasteiger partial charge < -0.3 is 0 Å². The Kier molecular flexibility index (Phi) is 7.41. The molecule has 2 rings (SSSR count). The fraction of sp³-hybridized carbons (Fsp3) is 0.684. The number of nitro benzene ring substituents is 1. The van der Waals surface area contributed by atoms with Crippen LogP contribution in [0.3, 0.4) is 0 Å². The molecule has 0 atom stereocenters. The van der Waals surface area contributed by atoms with Crippen LogP contribution < -0.4 is 0 Å². The average Bonchev–Trinajstić information content (AvgIpc) is 2.50. The number of hydrogen-bond acceptors (Lipinski definition) is 2. The van der Waals surface area contributed by atoms with Crippen molar-refractivity contribution in [1.29, 1.82) is 0 Å². The molecule has 22 heavy (non-hydrogen) atoms. The van der Waals surface area contributed by atoms with Gasteiger partial charge in [0.1, 0.15) is 0 Å². The Hall–Kier alpha value is -1.38. The third kappa shape index (κ3) is 6.17. The van der Waals surface area contributed by atoms with Gasteiger partial charge in [-0.1, -0.05) is 82.8 Å². The molecule has 1 aliphatic carbocycles. The lowest BCUT2D eigenvalue weighted by molar-refractivity contribution is -0.384. The van der Waals surface area contributed by atoms with E-state index in [2.05, 4.69) is 0 Å². The van der Waals surface area contributed by atoms with Crippen molar-refractivity contribution >= 4 is 5.69 Å². The summed E-state index contributed by atoms with van der Waals surface area (Å²) in [5.74, 6) is 0.751. The van der Waals surface area contributed by atoms with Crippen molar-refractivity contribution < 1.29 is 4.92 Å². The molecule has 3 heteroatoms. The smallest absolute Gasteiger partial charge is 0.258 e. The monoisotopic (exact) mass is 303 g/mol. The maximum atomic E-state index is 10.7. The minimum absolute atomic E-state index is 0.197. The highest BCUT2D eigenvalue weighted by Gasteiger charge is 2.12. The molecule has 3 nitrogen and oxygen atoms in total. The summed E-state index contributed by atoms with van der Waals surface area (Å²) >= 11 is 0. The molecule has 0 N–H and O–H groups in total. The predicted molar refractivity (Wildman–Crippen MR) is 91.1 cm³/mol. The molecule has 1 aromatic carbocycles. The van der Waals surface area contributed by atoms with Crippen molar-refractivity contribution in [1.82, 2.24) is 0 Å². The molecule has 1 aromatic rings. The van der Waals surface area contributed by atoms with Gasteiger partial charge in [-0.2, -0.15) is 0 Å². The van der Waals surface area contributed by atoms with E-state index in [0.717, 1.165) is 12.3 Å². The van der Waals surface area contributed by atoms with Crippen molar-refractivity contribution in [3.63, 3.8) is 0 Å². The summed E-state index contributed by atoms with van der Waals surface area (Å²) in [5, 5.41) is 10.7. The summed E-state index contributed by atoms with van der Waals surface area (Å²) in [6, 6.07) is 7.16. The van der Waals surface area contributed by atoms with Crippen molar-refractivity contribution in [3.8, 4) is 0 Å². The molecule has 0 unspecified atom stereocenters. The first-order chi connectivity index (χ1) is 10.8. The number of hydrogen-bond donors (Lipinski definition) is 0. The van der Waals surface area contributed by atoms with E-state index in [9.17, 15) is 10.1 Å². The standard InChI is InChI=1S/C19H29NO2/c21-20(22)19-14-12-18(13-15-19)16-17-10-8-6-4-2-1-3-5-7-9-11-17/h12-15,17H,1-11,16H2. The summed E-state index contributed by atoms with van der Waals surface area (Å²) in [6.07, 6.45) is 16.2. The molecular formula is C19H29NO2. The fourth-order valence-electron chi connectivity index (χ4n) is 3.54. The lowest BCUT2D eigenvalue weighted by Crippen LogP contribution is -2.06. The van der Waals surface area contributed by atoms with Gasteiger partial charge in [-0.3, -0.25) is 10.1 Å². The second kappa shape index (κ2) is 9.60. The summed E-state index contributed by atoms with van der Waals surface area (Å²) in [7, 11) is 0. The van der Waals surface area contributed by atoms with Crippen molar-refractivity contribution in [3.05, 3.63) is 39.9 Å². The highest BCUT2D eigenvalue weighted by atomic mass is 16.6. The predicted octanol–water partition coefficient (Wildman–Crippen LogP) is 6.06. The van der Waals surface area contributed by atoms with Gasteiger partial charge in [-0.05, 0) is 17.9 Å². The van der Waals surface area contributed by atoms with Gasteiger partial charge in [0.25, 0.3) is 5.69 Å². The van der Waals surface area contributed by atoms with E-state index in [4.69, 9.17) is 0 Å². The lowest BCUT2D eigenvalue weighted by Gasteiger charge is -2.18. The van der Waals surface area contributed by atoms with Crippen LogP contribution in [0.15, 0.2) is 24.3 Å². The second-order valence-corrected chi connectivity index (χ2v) is 6.75. The van der Waals surface area contributed by atoms with Crippen LogP contribution in [0.1, 0.15) is 76.2 Å². The van der Waals surface area contributed by atoms with E-state index < -0.39 is 0 Å². The maximum Gasteiger partial charge on any atom is 0.269 e. The highest BCUT2D eigenvalue weighted by molar-refractivity contribution is 5.33. The molecule has 0 radical (unpaired) electrons. The molecule has 0 amide bonds. The maximum absolute atomic E-state index is 10.7. The highest BCUT2D eigenvalue weighted by Crippen LogP contribution is 2.25. The Morgan fingerprint density at radius 3 is 1.73 bits per heavy atom. The van der Waals surface area contributed by atoms with Gasteiger partial charge in [0, 0.05) is 12.1 Å². The van der Waals surface area contributed by atoms with Gasteiger partial charge in [-0.25, -0.2) is 0 Å². The molecule has 1 fully saturated rings. The molecular weight excluding hydrogens is 274 g/mol. The third-order valence-corrected chi connectivity index (χ3v) is 4.90. The molecule has 122 valence electrons. The number of non-ortho nitro benzene ring substituents is 1. The molecule has 0 heterocycles. The van der Waals surface area contributed by atoms with Gasteiger partial charge in [-0.15, -0.1) is 0 Å². The van der Waals surface area contributed by atoms with Crippen molar-refractivity contribution in [2.24, 2.45) is 5.92 Å². The molecule has 0 aromatic heterocycles. The van der Waals surface area contributed by atoms with Crippen LogP contribution in [0.2, 0.25) is 0 Å². The number of nitro groups is 1. The Bertz CT molecular complexity index is 429. The van der Waals surface area contributed by atoms with Crippen LogP contribution in [0.25, 0.3) is 0 Å². The number of rotatable bonds is 3. The van der Waals surface area contributed by atoms with Crippen LogP contribution >= 0.6 is 0 Å². The van der Waals surface area contributed by atoms with Gasteiger partial charge in [0.05, 0.1) is 4.92 Å². The van der Waals surface area contributed by atoms with Crippen molar-refractivity contribution in [2.75, 3.05) is 0 Å². The van der Waals surface area contributed by atoms with E-state index in [-0.39, 0.29) is 10.6 Å². The first kappa shape index (κ1) is 17.0. The normalized spacial score (nSPS) is 19.1. The first-order valence-corrected chi connectivity index (χ1v) is 8.99. The van der Waals surface area contributed by atoms with Crippen LogP contribution in [-0.4, -0.2) is 4.92 Å². The largest absolute Gasteiger partial charge is 0.269 e. The Labute approximate surface area is 134 Å². The summed E-state index contributed by atoms with van der Waals surface area (Å²) in [4.78, 5) is 10.4. The van der Waals surface area contributed by atoms with Crippen LogP contribution in [0, 0.1) is 16.0 Å². The molecule has 1 aliphatic rings. The van der Waals surface area contributed by atoms with E-state index in [0.29, 0.717) is 0 Å². The topological polar surface area (TPSA) is 43.1 Å². The molecule has 0 bridgehead atoms. The van der Waals surface area contributed by atoms with Crippen LogP contribution in [0.5, 0.6) is 0 Å². The van der Waals surface area contributed by atoms with Crippen LogP contribution in [-0.2, 0) is 6.42 Å². The average molecular weight is 303 g/mol. The minimum Gasteiger partial charge on any atom is -0.258 e. The van der Waals surface area contributed by atoms with Gasteiger partial charge >= 0.3 is 0 Å². The zero-order valence-corrected chi connectivity index (χ0v) is 13.6. The molecule has 0 saturated heterocycles. The number of nitrogens with zero attached hydrogens (tertiary/aromatic N) is 1. The Morgan fingerprint density at radius 1 is 0.818 bits per heavy atom. The van der Waals surface area contributed by atoms with Crippen LogP contribution in [0.4, 0.5) is 5.69 Å². The molecule has 0 spiro atoms. The van der Waals surface area contributed by atoms with Gasteiger partial charge in [0.2, 0.25) is 0 Å². The van der Waals surface area contributed by atoms with E-state index in [1.165, 1.54) is 76.2 Å². The Morgan fingerprint density at radius 2 is 1.27 bits per heavy atom. The molecule has 1 saturated carbocycles. The summed E-state index contributed by atoms with van der Waals surface area (Å²) < 4.78 is 0. The third-order valence-electron chi connectivity index (χ3n) is 4.90. The zero-order valence-electron chi connectivity index (χ0n) is 13.6. The quantitative estimate of drug-likeness (QED) is 0.503. The minimum atomic E-state index is -0.320. The zero-order chi connectivity index (χ0) is 15.6. The van der Waals surface area contributed by atoms with Crippen molar-refractivity contribution in [2.45, 2.75) is 77.0 Å².